The summed E-state index contributed by atoms with van der Waals surface area (Å²) < 4.78 is 4.47. The molecule has 0 spiro atoms. The Bertz CT molecular complexity index is 224. The maximum absolute atomic E-state index is 8.37. The van der Waals surface area contributed by atoms with Crippen molar-refractivity contribution in [3.05, 3.63) is 23.9 Å². The molecular formula is C6H8BNO3. The highest BCUT2D eigenvalue weighted by Gasteiger charge is 2.10. The number of aryl methyl sites for hydroxylation is 1. The minimum absolute atomic E-state index is 0.200. The van der Waals surface area contributed by atoms with Crippen LogP contribution in [0.1, 0.15) is 5.56 Å². The lowest BCUT2D eigenvalue weighted by atomic mass is 10.2. The molecule has 0 amide bonds. The Morgan fingerprint density at radius 2 is 2.18 bits per heavy atom. The van der Waals surface area contributed by atoms with Gasteiger partial charge in [0, 0.05) is 6.20 Å². The van der Waals surface area contributed by atoms with E-state index in [-0.39, 0.29) is 5.88 Å². The van der Waals surface area contributed by atoms with Crippen LogP contribution in [0, 0.1) is 6.92 Å². The number of hydrogen-bond donors (Lipinski definition) is 2. The molecule has 11 heavy (non-hydrogen) atoms. The van der Waals surface area contributed by atoms with Crippen molar-refractivity contribution in [2.24, 2.45) is 0 Å². The van der Waals surface area contributed by atoms with E-state index in [0.29, 0.717) is 0 Å². The molecule has 0 aliphatic rings. The highest BCUT2D eigenvalue weighted by atomic mass is 16.6. The monoisotopic (exact) mass is 153 g/mol. The smallest absolute Gasteiger partial charge is 0.498 e. The molecule has 0 saturated carbocycles. The van der Waals surface area contributed by atoms with Gasteiger partial charge in [-0.25, -0.2) is 4.98 Å². The summed E-state index contributed by atoms with van der Waals surface area (Å²) in [6.07, 6.45) is 1.58. The molecule has 0 radical (unpaired) electrons. The van der Waals surface area contributed by atoms with Gasteiger partial charge in [0.1, 0.15) is 0 Å². The van der Waals surface area contributed by atoms with Crippen LogP contribution in [0.15, 0.2) is 18.3 Å². The average Bonchev–Trinajstić information content (AvgIpc) is 1.93. The van der Waals surface area contributed by atoms with Crippen LogP contribution in [0.2, 0.25) is 0 Å². The van der Waals surface area contributed by atoms with E-state index in [0.717, 1.165) is 5.56 Å². The third kappa shape index (κ3) is 2.57. The molecule has 0 aliphatic carbocycles. The molecule has 5 heteroatoms. The third-order valence-corrected chi connectivity index (χ3v) is 1.11. The van der Waals surface area contributed by atoms with Crippen LogP contribution in [0.4, 0.5) is 0 Å². The lowest BCUT2D eigenvalue weighted by molar-refractivity contribution is 0.283. The zero-order valence-corrected chi connectivity index (χ0v) is 6.06. The quantitative estimate of drug-likeness (QED) is 0.574. The molecule has 0 unspecified atom stereocenters. The van der Waals surface area contributed by atoms with E-state index in [1.807, 2.05) is 6.92 Å². The molecule has 0 fully saturated rings. The second-order valence-electron chi connectivity index (χ2n) is 2.12. The van der Waals surface area contributed by atoms with Crippen molar-refractivity contribution in [3.63, 3.8) is 0 Å². The summed E-state index contributed by atoms with van der Waals surface area (Å²) in [6.45, 7) is 1.88. The van der Waals surface area contributed by atoms with E-state index in [1.54, 1.807) is 18.3 Å². The second-order valence-corrected chi connectivity index (χ2v) is 2.12. The van der Waals surface area contributed by atoms with Gasteiger partial charge in [0.05, 0.1) is 0 Å². The van der Waals surface area contributed by atoms with E-state index in [9.17, 15) is 0 Å². The molecule has 0 saturated heterocycles. The van der Waals surface area contributed by atoms with Crippen LogP contribution < -0.4 is 4.65 Å². The van der Waals surface area contributed by atoms with Gasteiger partial charge in [-0.2, -0.15) is 0 Å². The minimum atomic E-state index is -1.80. The molecule has 0 atom stereocenters. The Hall–Kier alpha value is -1.07. The summed E-state index contributed by atoms with van der Waals surface area (Å²) in [5.74, 6) is 0.200. The van der Waals surface area contributed by atoms with Crippen molar-refractivity contribution in [2.75, 3.05) is 0 Å². The summed E-state index contributed by atoms with van der Waals surface area (Å²) >= 11 is 0. The van der Waals surface area contributed by atoms with Gasteiger partial charge in [0.2, 0.25) is 0 Å². The Balaban J connectivity index is 2.66. The summed E-state index contributed by atoms with van der Waals surface area (Å²) in [7, 11) is -1.80. The van der Waals surface area contributed by atoms with E-state index >= 15 is 0 Å². The SMILES string of the molecule is Cc1ccc(OB(O)O)nc1. The fourth-order valence-electron chi connectivity index (χ4n) is 0.632. The second kappa shape index (κ2) is 3.36. The van der Waals surface area contributed by atoms with Gasteiger partial charge in [0.25, 0.3) is 0 Å². The summed E-state index contributed by atoms with van der Waals surface area (Å²) in [5.41, 5.74) is 0.991. The predicted molar refractivity (Wildman–Crippen MR) is 39.8 cm³/mol. The number of aromatic nitrogens is 1. The van der Waals surface area contributed by atoms with Crippen LogP contribution in [0.3, 0.4) is 0 Å². The zero-order valence-electron chi connectivity index (χ0n) is 6.06. The van der Waals surface area contributed by atoms with Gasteiger partial charge < -0.3 is 14.7 Å². The Morgan fingerprint density at radius 3 is 2.64 bits per heavy atom. The van der Waals surface area contributed by atoms with Crippen molar-refractivity contribution in [2.45, 2.75) is 6.92 Å². The standard InChI is InChI=1S/C6H8BNO3/c1-5-2-3-6(8-4-5)11-7(9)10/h2-4,9-10H,1H3. The van der Waals surface area contributed by atoms with Gasteiger partial charge in [-0.3, -0.25) is 0 Å². The number of nitrogens with zero attached hydrogens (tertiary/aromatic N) is 1. The third-order valence-electron chi connectivity index (χ3n) is 1.11. The average molecular weight is 153 g/mol. The van der Waals surface area contributed by atoms with E-state index in [2.05, 4.69) is 9.64 Å². The van der Waals surface area contributed by atoms with E-state index in [4.69, 9.17) is 10.0 Å². The van der Waals surface area contributed by atoms with Crippen molar-refractivity contribution < 1.29 is 14.7 Å². The number of rotatable bonds is 2. The highest BCUT2D eigenvalue weighted by molar-refractivity contribution is 6.33. The number of hydrogen-bond acceptors (Lipinski definition) is 4. The fourth-order valence-corrected chi connectivity index (χ4v) is 0.632. The van der Waals surface area contributed by atoms with Gasteiger partial charge >= 0.3 is 7.32 Å². The predicted octanol–water partition coefficient (Wildman–Crippen LogP) is -0.262. The van der Waals surface area contributed by atoms with Crippen molar-refractivity contribution in [1.82, 2.24) is 4.98 Å². The largest absolute Gasteiger partial charge is 0.708 e. The van der Waals surface area contributed by atoms with Gasteiger partial charge in [-0.15, -0.1) is 0 Å². The summed E-state index contributed by atoms with van der Waals surface area (Å²) in [6, 6.07) is 3.33. The Labute approximate surface area is 64.6 Å². The van der Waals surface area contributed by atoms with Crippen LogP contribution in [-0.2, 0) is 0 Å². The molecule has 1 aromatic heterocycles. The first-order valence-electron chi connectivity index (χ1n) is 3.14. The van der Waals surface area contributed by atoms with Gasteiger partial charge in [-0.1, -0.05) is 6.07 Å². The molecule has 1 heterocycles. The van der Waals surface area contributed by atoms with Crippen LogP contribution >= 0.6 is 0 Å². The normalized spacial score (nSPS) is 9.36. The van der Waals surface area contributed by atoms with Crippen molar-refractivity contribution >= 4 is 7.32 Å². The van der Waals surface area contributed by atoms with Crippen molar-refractivity contribution in [1.29, 1.82) is 0 Å². The minimum Gasteiger partial charge on any atom is -0.498 e. The molecule has 58 valence electrons. The van der Waals surface area contributed by atoms with Gasteiger partial charge in [-0.05, 0) is 18.6 Å². The molecule has 1 aromatic rings. The lowest BCUT2D eigenvalue weighted by Gasteiger charge is -2.01. The first-order chi connectivity index (χ1) is 5.18. The molecule has 0 aliphatic heterocycles. The molecule has 4 nitrogen and oxygen atoms in total. The Kier molecular flexibility index (Phi) is 2.46. The van der Waals surface area contributed by atoms with Crippen LogP contribution in [0.5, 0.6) is 5.88 Å². The fraction of sp³-hybridized carbons (Fsp3) is 0.167. The van der Waals surface area contributed by atoms with Crippen LogP contribution in [0.25, 0.3) is 0 Å². The molecule has 0 aromatic carbocycles. The molecule has 2 N–H and O–H groups in total. The van der Waals surface area contributed by atoms with Crippen molar-refractivity contribution in [3.8, 4) is 5.88 Å². The van der Waals surface area contributed by atoms with Crippen LogP contribution in [-0.4, -0.2) is 22.4 Å². The maximum Gasteiger partial charge on any atom is 0.708 e. The molecule has 1 rings (SSSR count). The first kappa shape index (κ1) is 8.04. The van der Waals surface area contributed by atoms with E-state index in [1.165, 1.54) is 0 Å². The summed E-state index contributed by atoms with van der Waals surface area (Å²) in [4.78, 5) is 3.78. The highest BCUT2D eigenvalue weighted by Crippen LogP contribution is 2.05. The van der Waals surface area contributed by atoms with Gasteiger partial charge in [0.15, 0.2) is 5.88 Å². The topological polar surface area (TPSA) is 62.6 Å². The maximum atomic E-state index is 8.37. The zero-order chi connectivity index (χ0) is 8.27. The van der Waals surface area contributed by atoms with E-state index < -0.39 is 7.32 Å². The molecular weight excluding hydrogens is 145 g/mol. The summed E-state index contributed by atoms with van der Waals surface area (Å²) in [5, 5.41) is 16.7. The lowest BCUT2D eigenvalue weighted by Crippen LogP contribution is -2.21. The Morgan fingerprint density at radius 1 is 1.45 bits per heavy atom. The molecule has 0 bridgehead atoms. The first-order valence-corrected chi connectivity index (χ1v) is 3.14. The number of pyridine rings is 1.